The SMILES string of the molecule is CCCC(=O)COc1cc(C)c(Cl)cc1C(C)C. The van der Waals surface area contributed by atoms with Crippen LogP contribution in [0.1, 0.15) is 50.7 Å². The molecule has 0 heterocycles. The molecule has 0 N–H and O–H groups in total. The van der Waals surface area contributed by atoms with Gasteiger partial charge < -0.3 is 4.74 Å². The number of hydrogen-bond donors (Lipinski definition) is 0. The van der Waals surface area contributed by atoms with Gasteiger partial charge in [-0.2, -0.15) is 0 Å². The molecule has 0 amide bonds. The van der Waals surface area contributed by atoms with Crippen molar-refractivity contribution in [1.82, 2.24) is 0 Å². The van der Waals surface area contributed by atoms with E-state index in [1.165, 1.54) is 0 Å². The minimum Gasteiger partial charge on any atom is -0.486 e. The van der Waals surface area contributed by atoms with Crippen molar-refractivity contribution in [3.05, 3.63) is 28.3 Å². The van der Waals surface area contributed by atoms with Gasteiger partial charge in [0.25, 0.3) is 0 Å². The van der Waals surface area contributed by atoms with Gasteiger partial charge in [-0.25, -0.2) is 0 Å². The van der Waals surface area contributed by atoms with Gasteiger partial charge in [0.1, 0.15) is 12.4 Å². The fourth-order valence-electron chi connectivity index (χ4n) is 1.76. The lowest BCUT2D eigenvalue weighted by molar-refractivity contribution is -0.121. The van der Waals surface area contributed by atoms with Crippen LogP contribution in [0.5, 0.6) is 5.75 Å². The van der Waals surface area contributed by atoms with Crippen LogP contribution in [0.15, 0.2) is 12.1 Å². The summed E-state index contributed by atoms with van der Waals surface area (Å²) in [6, 6.07) is 3.85. The standard InChI is InChI=1S/C15H21ClO2/c1-5-6-12(17)9-18-15-7-11(4)14(16)8-13(15)10(2)3/h7-8,10H,5-6,9H2,1-4H3. The number of hydrogen-bond acceptors (Lipinski definition) is 2. The van der Waals surface area contributed by atoms with Gasteiger partial charge in [-0.3, -0.25) is 4.79 Å². The van der Waals surface area contributed by atoms with Gasteiger partial charge in [-0.1, -0.05) is 32.4 Å². The predicted octanol–water partition coefficient (Wildman–Crippen LogP) is 4.52. The molecule has 18 heavy (non-hydrogen) atoms. The molecule has 0 aromatic heterocycles. The minimum absolute atomic E-state index is 0.139. The monoisotopic (exact) mass is 268 g/mol. The van der Waals surface area contributed by atoms with Gasteiger partial charge in [0.05, 0.1) is 0 Å². The van der Waals surface area contributed by atoms with Crippen LogP contribution in [-0.4, -0.2) is 12.4 Å². The van der Waals surface area contributed by atoms with Crippen molar-refractivity contribution in [3.63, 3.8) is 0 Å². The molecule has 3 heteroatoms. The van der Waals surface area contributed by atoms with Gasteiger partial charge in [0, 0.05) is 11.4 Å². The fraction of sp³-hybridized carbons (Fsp3) is 0.533. The lowest BCUT2D eigenvalue weighted by Gasteiger charge is -2.15. The molecule has 0 spiro atoms. The Hall–Kier alpha value is -1.02. The first-order valence-electron chi connectivity index (χ1n) is 6.40. The van der Waals surface area contributed by atoms with Crippen LogP contribution in [0.25, 0.3) is 0 Å². The number of aryl methyl sites for hydroxylation is 1. The number of halogens is 1. The van der Waals surface area contributed by atoms with E-state index in [1.807, 2.05) is 26.0 Å². The lowest BCUT2D eigenvalue weighted by atomic mass is 10.0. The highest BCUT2D eigenvalue weighted by atomic mass is 35.5. The number of rotatable bonds is 6. The topological polar surface area (TPSA) is 26.3 Å². The Morgan fingerprint density at radius 3 is 2.61 bits per heavy atom. The second-order valence-electron chi connectivity index (χ2n) is 4.87. The third-order valence-corrected chi connectivity index (χ3v) is 3.24. The van der Waals surface area contributed by atoms with Crippen LogP contribution in [0.3, 0.4) is 0 Å². The molecule has 0 aliphatic carbocycles. The van der Waals surface area contributed by atoms with E-state index in [2.05, 4.69) is 13.8 Å². The predicted molar refractivity (Wildman–Crippen MR) is 75.7 cm³/mol. The van der Waals surface area contributed by atoms with E-state index < -0.39 is 0 Å². The molecule has 0 aliphatic heterocycles. The maximum absolute atomic E-state index is 11.5. The van der Waals surface area contributed by atoms with Crippen molar-refractivity contribution < 1.29 is 9.53 Å². The average molecular weight is 269 g/mol. The number of carbonyl (C=O) groups excluding carboxylic acids is 1. The quantitative estimate of drug-likeness (QED) is 0.758. The fourth-order valence-corrected chi connectivity index (χ4v) is 1.93. The molecule has 100 valence electrons. The molecule has 1 rings (SSSR count). The molecule has 0 aliphatic rings. The summed E-state index contributed by atoms with van der Waals surface area (Å²) >= 11 is 6.12. The largest absolute Gasteiger partial charge is 0.486 e. The maximum Gasteiger partial charge on any atom is 0.170 e. The molecule has 0 unspecified atom stereocenters. The van der Waals surface area contributed by atoms with Gasteiger partial charge in [0.15, 0.2) is 5.78 Å². The highest BCUT2D eigenvalue weighted by Gasteiger charge is 2.12. The van der Waals surface area contributed by atoms with Gasteiger partial charge in [-0.05, 0) is 42.5 Å². The van der Waals surface area contributed by atoms with E-state index >= 15 is 0 Å². The van der Waals surface area contributed by atoms with Crippen LogP contribution in [0.2, 0.25) is 5.02 Å². The average Bonchev–Trinajstić information content (AvgIpc) is 2.30. The van der Waals surface area contributed by atoms with E-state index in [4.69, 9.17) is 16.3 Å². The Kier molecular flexibility index (Phi) is 5.67. The Morgan fingerprint density at radius 1 is 1.39 bits per heavy atom. The van der Waals surface area contributed by atoms with Crippen molar-refractivity contribution in [1.29, 1.82) is 0 Å². The molecule has 2 nitrogen and oxygen atoms in total. The van der Waals surface area contributed by atoms with Crippen LogP contribution in [-0.2, 0) is 4.79 Å². The van der Waals surface area contributed by atoms with Crippen molar-refractivity contribution in [2.75, 3.05) is 6.61 Å². The van der Waals surface area contributed by atoms with Crippen molar-refractivity contribution in [2.24, 2.45) is 0 Å². The molecule has 0 bridgehead atoms. The summed E-state index contributed by atoms with van der Waals surface area (Å²) in [5, 5.41) is 0.742. The Labute approximate surface area is 114 Å². The third kappa shape index (κ3) is 4.02. The van der Waals surface area contributed by atoms with Crippen LogP contribution in [0.4, 0.5) is 0 Å². The zero-order valence-electron chi connectivity index (χ0n) is 11.5. The normalized spacial score (nSPS) is 10.8. The van der Waals surface area contributed by atoms with Crippen molar-refractivity contribution >= 4 is 17.4 Å². The number of ketones is 1. The highest BCUT2D eigenvalue weighted by molar-refractivity contribution is 6.31. The Bertz CT molecular complexity index is 425. The van der Waals surface area contributed by atoms with E-state index in [0.29, 0.717) is 12.3 Å². The highest BCUT2D eigenvalue weighted by Crippen LogP contribution is 2.31. The zero-order valence-corrected chi connectivity index (χ0v) is 12.3. The summed E-state index contributed by atoms with van der Waals surface area (Å²) in [5.41, 5.74) is 2.02. The van der Waals surface area contributed by atoms with Crippen LogP contribution >= 0.6 is 11.6 Å². The number of carbonyl (C=O) groups is 1. The first kappa shape index (κ1) is 15.0. The summed E-state index contributed by atoms with van der Waals surface area (Å²) < 4.78 is 5.64. The second-order valence-corrected chi connectivity index (χ2v) is 5.28. The summed E-state index contributed by atoms with van der Waals surface area (Å²) in [5.74, 6) is 1.23. The van der Waals surface area contributed by atoms with Crippen molar-refractivity contribution in [3.8, 4) is 5.75 Å². The smallest absolute Gasteiger partial charge is 0.170 e. The van der Waals surface area contributed by atoms with Gasteiger partial charge >= 0.3 is 0 Å². The molecule has 0 fully saturated rings. The summed E-state index contributed by atoms with van der Waals surface area (Å²) in [4.78, 5) is 11.5. The van der Waals surface area contributed by atoms with Gasteiger partial charge in [-0.15, -0.1) is 0 Å². The molecule has 0 saturated carbocycles. The Balaban J connectivity index is 2.86. The second kappa shape index (κ2) is 6.79. The number of benzene rings is 1. The van der Waals surface area contributed by atoms with Gasteiger partial charge in [0.2, 0.25) is 0 Å². The van der Waals surface area contributed by atoms with Crippen LogP contribution < -0.4 is 4.74 Å². The molecule has 0 saturated heterocycles. The van der Waals surface area contributed by atoms with Crippen molar-refractivity contribution in [2.45, 2.75) is 46.5 Å². The van der Waals surface area contributed by atoms with Crippen LogP contribution in [0, 0.1) is 6.92 Å². The maximum atomic E-state index is 11.5. The van der Waals surface area contributed by atoms with E-state index in [0.717, 1.165) is 28.3 Å². The summed E-state index contributed by atoms with van der Waals surface area (Å²) in [6.07, 6.45) is 1.43. The Morgan fingerprint density at radius 2 is 2.06 bits per heavy atom. The van der Waals surface area contributed by atoms with E-state index in [9.17, 15) is 4.79 Å². The molecule has 0 atom stereocenters. The molecular weight excluding hydrogens is 248 g/mol. The first-order valence-corrected chi connectivity index (χ1v) is 6.78. The third-order valence-electron chi connectivity index (χ3n) is 2.83. The summed E-state index contributed by atoms with van der Waals surface area (Å²) in [7, 11) is 0. The molecule has 1 aromatic rings. The number of Topliss-reactive ketones (excluding diaryl/α,β-unsaturated/α-hetero) is 1. The van der Waals surface area contributed by atoms with E-state index in [1.54, 1.807) is 0 Å². The molecular formula is C15H21ClO2. The van der Waals surface area contributed by atoms with E-state index in [-0.39, 0.29) is 12.4 Å². The minimum atomic E-state index is 0.139. The molecule has 0 radical (unpaired) electrons. The lowest BCUT2D eigenvalue weighted by Crippen LogP contribution is -2.12. The summed E-state index contributed by atoms with van der Waals surface area (Å²) in [6.45, 7) is 8.25. The first-order chi connectivity index (χ1) is 8.45. The number of ether oxygens (including phenoxy) is 1. The zero-order chi connectivity index (χ0) is 13.7. The molecule has 1 aromatic carbocycles.